The highest BCUT2D eigenvalue weighted by molar-refractivity contribution is 14.0. The summed E-state index contributed by atoms with van der Waals surface area (Å²) in [5.74, 6) is 2.65. The summed E-state index contributed by atoms with van der Waals surface area (Å²) in [5, 5.41) is 8.76. The van der Waals surface area contributed by atoms with Crippen LogP contribution in [0.1, 0.15) is 29.9 Å². The molecule has 1 aromatic heterocycles. The van der Waals surface area contributed by atoms with Crippen LogP contribution in [0.4, 0.5) is 0 Å². The molecule has 3 rings (SSSR count). The fraction of sp³-hybridized carbons (Fsp3) is 0.421. The first-order valence-corrected chi connectivity index (χ1v) is 9.49. The number of hydrogen-bond acceptors (Lipinski definition) is 4. The van der Waals surface area contributed by atoms with Crippen molar-refractivity contribution in [1.29, 1.82) is 0 Å². The Morgan fingerprint density at radius 2 is 2.15 bits per heavy atom. The van der Waals surface area contributed by atoms with E-state index in [4.69, 9.17) is 9.47 Å². The van der Waals surface area contributed by atoms with Crippen molar-refractivity contribution in [2.45, 2.75) is 39.5 Å². The Morgan fingerprint density at radius 1 is 1.35 bits per heavy atom. The summed E-state index contributed by atoms with van der Waals surface area (Å²) in [6.45, 7) is 6.14. The fourth-order valence-electron chi connectivity index (χ4n) is 2.89. The van der Waals surface area contributed by atoms with Gasteiger partial charge in [-0.25, -0.2) is 0 Å². The predicted octanol–water partition coefficient (Wildman–Crippen LogP) is 3.95. The molecule has 2 heterocycles. The first-order chi connectivity index (χ1) is 12.2. The van der Waals surface area contributed by atoms with E-state index in [0.717, 1.165) is 36.0 Å². The second-order valence-corrected chi connectivity index (χ2v) is 7.02. The van der Waals surface area contributed by atoms with E-state index in [1.54, 1.807) is 18.4 Å². The molecule has 26 heavy (non-hydrogen) atoms. The molecule has 0 saturated heterocycles. The Kier molecular flexibility index (Phi) is 8.02. The second kappa shape index (κ2) is 10.0. The van der Waals surface area contributed by atoms with Gasteiger partial charge < -0.3 is 20.1 Å². The lowest BCUT2D eigenvalue weighted by atomic mass is 10.1. The smallest absolute Gasteiger partial charge is 0.191 e. The molecule has 0 aliphatic carbocycles. The summed E-state index contributed by atoms with van der Waals surface area (Å²) < 4.78 is 11.7. The van der Waals surface area contributed by atoms with Crippen LogP contribution in [0.25, 0.3) is 0 Å². The van der Waals surface area contributed by atoms with Crippen LogP contribution in [-0.2, 0) is 19.5 Å². The molecule has 0 radical (unpaired) electrons. The molecule has 0 spiro atoms. The summed E-state index contributed by atoms with van der Waals surface area (Å²) in [5.41, 5.74) is 2.30. The van der Waals surface area contributed by atoms with Crippen molar-refractivity contribution < 1.29 is 9.47 Å². The third kappa shape index (κ3) is 5.26. The number of nitrogens with zero attached hydrogens (tertiary/aromatic N) is 1. The summed E-state index contributed by atoms with van der Waals surface area (Å²) in [7, 11) is 1.78. The quantitative estimate of drug-likeness (QED) is 0.368. The highest BCUT2D eigenvalue weighted by atomic mass is 127. The van der Waals surface area contributed by atoms with Gasteiger partial charge in [-0.05, 0) is 37.4 Å². The Bertz CT molecular complexity index is 735. The van der Waals surface area contributed by atoms with Gasteiger partial charge in [0.25, 0.3) is 0 Å². The first-order valence-electron chi connectivity index (χ1n) is 8.61. The van der Waals surface area contributed by atoms with Crippen LogP contribution in [0.3, 0.4) is 0 Å². The van der Waals surface area contributed by atoms with Crippen LogP contribution in [0.2, 0.25) is 0 Å². The number of ether oxygens (including phenoxy) is 2. The number of hydrogen-bond donors (Lipinski definition) is 2. The topological polar surface area (TPSA) is 54.9 Å². The molecular weight excluding hydrogens is 461 g/mol. The van der Waals surface area contributed by atoms with Gasteiger partial charge >= 0.3 is 0 Å². The van der Waals surface area contributed by atoms with Gasteiger partial charge in [0.15, 0.2) is 5.96 Å². The van der Waals surface area contributed by atoms with E-state index in [9.17, 15) is 0 Å². The standard InChI is InChI=1S/C19H25N3O2S.HI/c1-4-23-17-9-14-8-13(2)24-18(14)10-15(17)11-21-19(20-3)22-12-16-6-5-7-25-16;/h5-7,9-10,13H,4,8,11-12H2,1-3H3,(H2,20,21,22);1H. The molecule has 0 amide bonds. The molecular formula is C19H26IN3O2S. The molecule has 0 saturated carbocycles. The van der Waals surface area contributed by atoms with Crippen molar-refractivity contribution in [3.8, 4) is 11.5 Å². The highest BCUT2D eigenvalue weighted by Gasteiger charge is 2.21. The molecule has 1 aromatic carbocycles. The van der Waals surface area contributed by atoms with E-state index < -0.39 is 0 Å². The Balaban J connectivity index is 0.00000243. The van der Waals surface area contributed by atoms with Gasteiger partial charge in [-0.15, -0.1) is 35.3 Å². The van der Waals surface area contributed by atoms with Crippen LogP contribution in [0, 0.1) is 0 Å². The van der Waals surface area contributed by atoms with Gasteiger partial charge in [0.05, 0.1) is 13.2 Å². The highest BCUT2D eigenvalue weighted by Crippen LogP contribution is 2.35. The zero-order valence-corrected chi connectivity index (χ0v) is 18.5. The zero-order valence-electron chi connectivity index (χ0n) is 15.4. The van der Waals surface area contributed by atoms with Crippen molar-refractivity contribution in [3.63, 3.8) is 0 Å². The Morgan fingerprint density at radius 3 is 2.85 bits per heavy atom. The van der Waals surface area contributed by atoms with Crippen LogP contribution >= 0.6 is 35.3 Å². The normalized spacial score (nSPS) is 15.7. The largest absolute Gasteiger partial charge is 0.494 e. The van der Waals surface area contributed by atoms with Gasteiger partial charge in [0, 0.05) is 36.0 Å². The van der Waals surface area contributed by atoms with Gasteiger partial charge in [0.1, 0.15) is 17.6 Å². The minimum atomic E-state index is 0. The van der Waals surface area contributed by atoms with E-state index >= 15 is 0 Å². The maximum atomic E-state index is 5.88. The summed E-state index contributed by atoms with van der Waals surface area (Å²) in [6, 6.07) is 8.36. The van der Waals surface area contributed by atoms with Crippen molar-refractivity contribution in [1.82, 2.24) is 10.6 Å². The third-order valence-electron chi connectivity index (χ3n) is 4.06. The average Bonchev–Trinajstić information content (AvgIpc) is 3.23. The monoisotopic (exact) mass is 487 g/mol. The second-order valence-electron chi connectivity index (χ2n) is 5.99. The van der Waals surface area contributed by atoms with Crippen LogP contribution in [-0.4, -0.2) is 25.7 Å². The zero-order chi connectivity index (χ0) is 17.6. The number of nitrogens with one attached hydrogen (secondary N) is 2. The minimum Gasteiger partial charge on any atom is -0.494 e. The van der Waals surface area contributed by atoms with Gasteiger partial charge in [-0.2, -0.15) is 0 Å². The Labute approximate surface area is 176 Å². The van der Waals surface area contributed by atoms with Gasteiger partial charge in [-0.1, -0.05) is 6.07 Å². The molecule has 2 N–H and O–H groups in total. The molecule has 5 nitrogen and oxygen atoms in total. The predicted molar refractivity (Wildman–Crippen MR) is 118 cm³/mol. The number of benzene rings is 1. The lowest BCUT2D eigenvalue weighted by Gasteiger charge is -2.15. The number of aliphatic imine (C=N–C) groups is 1. The van der Waals surface area contributed by atoms with Crippen LogP contribution < -0.4 is 20.1 Å². The molecule has 1 aliphatic heterocycles. The van der Waals surface area contributed by atoms with Crippen LogP contribution in [0.5, 0.6) is 11.5 Å². The van der Waals surface area contributed by atoms with Crippen molar-refractivity contribution in [2.24, 2.45) is 4.99 Å². The number of halogens is 1. The third-order valence-corrected chi connectivity index (χ3v) is 4.94. The summed E-state index contributed by atoms with van der Waals surface area (Å²) in [4.78, 5) is 5.57. The Hall–Kier alpha value is -1.48. The van der Waals surface area contributed by atoms with E-state index in [1.165, 1.54) is 10.4 Å². The summed E-state index contributed by atoms with van der Waals surface area (Å²) >= 11 is 1.73. The summed E-state index contributed by atoms with van der Waals surface area (Å²) in [6.07, 6.45) is 1.17. The molecule has 0 fully saturated rings. The molecule has 1 aliphatic rings. The van der Waals surface area contributed by atoms with Crippen molar-refractivity contribution in [3.05, 3.63) is 45.6 Å². The van der Waals surface area contributed by atoms with E-state index in [2.05, 4.69) is 52.2 Å². The number of fused-ring (bicyclic) bond motifs is 1. The van der Waals surface area contributed by atoms with Crippen molar-refractivity contribution in [2.75, 3.05) is 13.7 Å². The number of thiophene rings is 1. The number of rotatable bonds is 6. The molecule has 142 valence electrons. The van der Waals surface area contributed by atoms with Gasteiger partial charge in [0.2, 0.25) is 0 Å². The van der Waals surface area contributed by atoms with E-state index in [0.29, 0.717) is 13.2 Å². The maximum Gasteiger partial charge on any atom is 0.191 e. The first kappa shape index (κ1) is 20.8. The lowest BCUT2D eigenvalue weighted by Crippen LogP contribution is -2.36. The maximum absolute atomic E-state index is 5.88. The van der Waals surface area contributed by atoms with E-state index in [-0.39, 0.29) is 30.1 Å². The van der Waals surface area contributed by atoms with Crippen LogP contribution in [0.15, 0.2) is 34.6 Å². The molecule has 7 heteroatoms. The molecule has 1 atom stereocenters. The van der Waals surface area contributed by atoms with Gasteiger partial charge in [-0.3, -0.25) is 4.99 Å². The minimum absolute atomic E-state index is 0. The number of guanidine groups is 1. The van der Waals surface area contributed by atoms with Crippen molar-refractivity contribution >= 4 is 41.3 Å². The molecule has 0 bridgehead atoms. The average molecular weight is 487 g/mol. The SMILES string of the molecule is CCOc1cc2c(cc1CNC(=NC)NCc1cccs1)OC(C)C2.I. The fourth-order valence-corrected chi connectivity index (χ4v) is 3.54. The molecule has 1 unspecified atom stereocenters. The van der Waals surface area contributed by atoms with E-state index in [1.807, 2.05) is 6.92 Å². The lowest BCUT2D eigenvalue weighted by molar-refractivity contribution is 0.254. The molecule has 2 aromatic rings.